The average Bonchev–Trinajstić information content (AvgIpc) is 4.18. The van der Waals surface area contributed by atoms with E-state index in [2.05, 4.69) is 48.2 Å². The topological polar surface area (TPSA) is 244 Å². The van der Waals surface area contributed by atoms with Crippen LogP contribution in [0.1, 0.15) is 149 Å². The van der Waals surface area contributed by atoms with Gasteiger partial charge in [-0.2, -0.15) is 0 Å². The number of aryl methyl sites for hydroxylation is 2. The van der Waals surface area contributed by atoms with Crippen molar-refractivity contribution in [1.29, 1.82) is 0 Å². The molecule has 2 fully saturated rings. The summed E-state index contributed by atoms with van der Waals surface area (Å²) in [6.45, 7) is 18.2. The molecule has 0 spiro atoms. The van der Waals surface area contributed by atoms with Crippen LogP contribution in [-0.4, -0.2) is 125 Å². The van der Waals surface area contributed by atoms with Gasteiger partial charge in [0.2, 0.25) is 49.6 Å². The zero-order valence-corrected chi connectivity index (χ0v) is 49.1. The van der Waals surface area contributed by atoms with Crippen LogP contribution in [0.3, 0.4) is 0 Å². The Kier molecular flexibility index (Phi) is 19.1. The highest BCUT2D eigenvalue weighted by molar-refractivity contribution is 7.90. The average molecular weight is 1120 g/mol. The molecule has 0 radical (unpaired) electrons. The third-order valence-corrected chi connectivity index (χ3v) is 19.4. The predicted octanol–water partition coefficient (Wildman–Crippen LogP) is 5.15. The highest BCUT2D eigenvalue weighted by atomic mass is 32.2. The zero-order chi connectivity index (χ0) is 57.1. The molecule has 2 aliphatic carbocycles. The van der Waals surface area contributed by atoms with Gasteiger partial charge in [-0.1, -0.05) is 110 Å². The van der Waals surface area contributed by atoms with Gasteiger partial charge in [0.05, 0.1) is 21.9 Å². The Morgan fingerprint density at radius 3 is 1.67 bits per heavy atom. The van der Waals surface area contributed by atoms with Crippen molar-refractivity contribution in [2.45, 2.75) is 197 Å². The number of sulfonamides is 2. The molecular weight excluding hydrogens is 1030 g/mol. The van der Waals surface area contributed by atoms with Gasteiger partial charge in [0, 0.05) is 49.2 Å². The molecule has 0 saturated carbocycles. The fraction of sp³-hybridized carbons (Fsp3) is 0.603. The molecule has 4 aliphatic rings. The van der Waals surface area contributed by atoms with Crippen molar-refractivity contribution in [3.8, 4) is 0 Å². The predicted molar refractivity (Wildman–Crippen MR) is 301 cm³/mol. The molecular formula is C58H85N9O9S2. The van der Waals surface area contributed by atoms with Gasteiger partial charge in [-0.15, -0.1) is 0 Å². The summed E-state index contributed by atoms with van der Waals surface area (Å²) in [4.78, 5) is 73.1. The Bertz CT molecular complexity index is 2910. The fourth-order valence-electron chi connectivity index (χ4n) is 11.5. The number of hydrogen-bond donors (Lipinski definition) is 7. The van der Waals surface area contributed by atoms with E-state index in [1.165, 1.54) is 34.2 Å². The quantitative estimate of drug-likeness (QED) is 0.0828. The van der Waals surface area contributed by atoms with Crippen molar-refractivity contribution in [2.75, 3.05) is 20.1 Å². The molecule has 7 N–H and O–H groups in total. The number of hydrogen-bond acceptors (Lipinski definition) is 11. The molecule has 18 nitrogen and oxygen atoms in total. The van der Waals surface area contributed by atoms with Crippen LogP contribution in [0.2, 0.25) is 0 Å². The van der Waals surface area contributed by atoms with Crippen LogP contribution in [0.15, 0.2) is 82.6 Å². The SMILES string of the molecule is CC[C@@H](C)C(=O)N[C@H](C(=O)N1C[C@@H](NS(=O)(=O)c2cccc(S(=O)(=O)N[C@H]3C[C@@H](C(=O)N[C@@H]4CCCc5ccccc54)N(C(=O)[C@@H](NC(=O)[C@H](C)NC)C(C)(C)C)C3)c2)C[C@H]1C(C)N[C@@H]1CCCc2ccccc21)C(C)(C)C. The second kappa shape index (κ2) is 24.6. The second-order valence-corrected chi connectivity index (χ2v) is 27.8. The van der Waals surface area contributed by atoms with Gasteiger partial charge in [0.1, 0.15) is 18.1 Å². The molecule has 2 saturated heterocycles. The van der Waals surface area contributed by atoms with Gasteiger partial charge in [0.15, 0.2) is 0 Å². The smallest absolute Gasteiger partial charge is 0.246 e. The van der Waals surface area contributed by atoms with Gasteiger partial charge >= 0.3 is 0 Å². The number of nitrogens with zero attached hydrogens (tertiary/aromatic N) is 2. The third kappa shape index (κ3) is 14.0. The third-order valence-electron chi connectivity index (χ3n) is 16.4. The number of nitrogens with one attached hydrogen (secondary N) is 7. The second-order valence-electron chi connectivity index (χ2n) is 24.3. The highest BCUT2D eigenvalue weighted by Gasteiger charge is 2.48. The maximum atomic E-state index is 14.9. The van der Waals surface area contributed by atoms with E-state index in [-0.39, 0.29) is 71.6 Å². The number of carbonyl (C=O) groups is 5. The lowest BCUT2D eigenvalue weighted by Gasteiger charge is -2.39. The Morgan fingerprint density at radius 1 is 0.641 bits per heavy atom. The van der Waals surface area contributed by atoms with Crippen LogP contribution in [0.25, 0.3) is 0 Å². The Labute approximate surface area is 463 Å². The van der Waals surface area contributed by atoms with Gasteiger partial charge < -0.3 is 36.4 Å². The minimum absolute atomic E-state index is 0.00545. The van der Waals surface area contributed by atoms with Crippen molar-refractivity contribution in [1.82, 2.24) is 45.8 Å². The molecule has 5 amide bonds. The van der Waals surface area contributed by atoms with E-state index >= 15 is 0 Å². The standard InChI is InChI=1S/C58H85N9O9S2/c1-12-35(2)52(68)62-50(57(5,6)7)55(71)66-33-40(30-48(66)36(3)60-46-28-17-22-38-20-13-15-26-44(38)46)64-77(73,74)42-24-19-25-43(32-42)78(75,76)65-41-31-49(54(70)61-47-29-18-23-39-21-14-16-27-45(39)47)67(34-41)56(72)51(58(8,9)10)63-53(69)37(4)59-11/h13-16,19-21,24-27,32,35-37,40-41,46-51,59-60,64-65H,12,17-18,22-23,28-31,33-34H2,1-11H3,(H,61,70)(H,62,68)(H,63,69)/t35-,36?,37+,40+,41+,46-,47-,48+,49+,50-,51-/m1/s1. The minimum Gasteiger partial charge on any atom is -0.347 e. The van der Waals surface area contributed by atoms with Crippen LogP contribution in [0, 0.1) is 16.7 Å². The molecule has 11 atom stereocenters. The van der Waals surface area contributed by atoms with Crippen molar-refractivity contribution >= 4 is 49.6 Å². The summed E-state index contributed by atoms with van der Waals surface area (Å²) in [6.07, 6.45) is 5.94. The summed E-state index contributed by atoms with van der Waals surface area (Å²) in [5.41, 5.74) is 3.05. The molecule has 0 aromatic heterocycles. The molecule has 78 heavy (non-hydrogen) atoms. The molecule has 20 heteroatoms. The highest BCUT2D eigenvalue weighted by Crippen LogP contribution is 2.35. The lowest BCUT2D eigenvalue weighted by molar-refractivity contribution is -0.144. The first-order chi connectivity index (χ1) is 36.6. The van der Waals surface area contributed by atoms with E-state index < -0.39 is 90.9 Å². The van der Waals surface area contributed by atoms with E-state index in [0.717, 1.165) is 49.3 Å². The van der Waals surface area contributed by atoms with Crippen LogP contribution < -0.4 is 36.0 Å². The van der Waals surface area contributed by atoms with Crippen molar-refractivity contribution in [3.63, 3.8) is 0 Å². The normalized spacial score (nSPS) is 23.7. The maximum absolute atomic E-state index is 14.9. The summed E-state index contributed by atoms with van der Waals surface area (Å²) >= 11 is 0. The number of carbonyl (C=O) groups excluding carboxylic acids is 5. The van der Waals surface area contributed by atoms with Crippen LogP contribution in [0.4, 0.5) is 0 Å². The summed E-state index contributed by atoms with van der Waals surface area (Å²) < 4.78 is 63.4. The number of amides is 5. The molecule has 7 rings (SSSR count). The molecule has 0 bridgehead atoms. The molecule has 2 aliphatic heterocycles. The summed E-state index contributed by atoms with van der Waals surface area (Å²) in [6, 6.07) is 14.5. The molecule has 1 unspecified atom stereocenters. The Hall–Kier alpha value is -5.25. The van der Waals surface area contributed by atoms with E-state index in [0.29, 0.717) is 12.8 Å². The first kappa shape index (κ1) is 60.4. The van der Waals surface area contributed by atoms with Crippen LogP contribution in [-0.2, 0) is 56.9 Å². The number of benzene rings is 3. The summed E-state index contributed by atoms with van der Waals surface area (Å²) in [5, 5.41) is 15.7. The van der Waals surface area contributed by atoms with Gasteiger partial charge in [-0.05, 0) is 130 Å². The van der Waals surface area contributed by atoms with E-state index in [1.54, 1.807) is 39.6 Å². The van der Waals surface area contributed by atoms with Gasteiger partial charge in [0.25, 0.3) is 0 Å². The van der Waals surface area contributed by atoms with Crippen molar-refractivity contribution in [3.05, 3.63) is 95.1 Å². The number of fused-ring (bicyclic) bond motifs is 2. The maximum Gasteiger partial charge on any atom is 0.246 e. The summed E-state index contributed by atoms with van der Waals surface area (Å²) in [7, 11) is -7.31. The van der Waals surface area contributed by atoms with E-state index in [9.17, 15) is 40.8 Å². The first-order valence-electron chi connectivity index (χ1n) is 27.9. The molecule has 428 valence electrons. The van der Waals surface area contributed by atoms with Gasteiger partial charge in [-0.25, -0.2) is 26.3 Å². The Morgan fingerprint density at radius 2 is 1.13 bits per heavy atom. The Balaban J connectivity index is 1.12. The molecule has 3 aromatic rings. The zero-order valence-electron chi connectivity index (χ0n) is 47.4. The van der Waals surface area contributed by atoms with Crippen molar-refractivity contribution < 1.29 is 40.8 Å². The minimum atomic E-state index is -4.50. The van der Waals surface area contributed by atoms with Crippen LogP contribution in [0.5, 0.6) is 0 Å². The molecule has 3 aromatic carbocycles. The monoisotopic (exact) mass is 1120 g/mol. The van der Waals surface area contributed by atoms with Crippen molar-refractivity contribution in [2.24, 2.45) is 16.7 Å². The number of likely N-dealkylation sites (N-methyl/N-ethyl adjacent to an activating group) is 1. The van der Waals surface area contributed by atoms with Crippen LogP contribution >= 0.6 is 0 Å². The number of likely N-dealkylation sites (tertiary alicyclic amines) is 2. The first-order valence-corrected chi connectivity index (χ1v) is 30.9. The largest absolute Gasteiger partial charge is 0.347 e. The van der Waals surface area contributed by atoms with E-state index in [4.69, 9.17) is 0 Å². The summed E-state index contributed by atoms with van der Waals surface area (Å²) in [5.74, 6) is -2.33. The lowest BCUT2D eigenvalue weighted by atomic mass is 9.84. The van der Waals surface area contributed by atoms with E-state index in [1.807, 2.05) is 77.9 Å². The van der Waals surface area contributed by atoms with Gasteiger partial charge in [-0.3, -0.25) is 24.0 Å². The lowest BCUT2D eigenvalue weighted by Crippen LogP contribution is -2.59. The number of rotatable bonds is 19. The fourth-order valence-corrected chi connectivity index (χ4v) is 14.1. The molecule has 2 heterocycles.